The van der Waals surface area contributed by atoms with Gasteiger partial charge in [0.25, 0.3) is 0 Å². The number of rotatable bonds is 5. The molecule has 0 aromatic rings. The Morgan fingerprint density at radius 1 is 1.43 bits per heavy atom. The number of alkyl halides is 1. The molecule has 2 heteroatoms. The monoisotopic (exact) mass is 278 g/mol. The Bertz CT molecular complexity index is 145. The Hall–Kier alpha value is 0.830. The molecule has 0 aliphatic heterocycles. The summed E-state index contributed by atoms with van der Waals surface area (Å²) in [5, 5.41) is 2.14. The van der Waals surface area contributed by atoms with Crippen LogP contribution in [0.2, 0.25) is 0 Å². The fourth-order valence-electron chi connectivity index (χ4n) is 2.07. The summed E-state index contributed by atoms with van der Waals surface area (Å²) in [4.78, 5) is 0. The Labute approximate surface area is 102 Å². The van der Waals surface area contributed by atoms with Crippen molar-refractivity contribution < 1.29 is 0 Å². The second kappa shape index (κ2) is 7.16. The summed E-state index contributed by atoms with van der Waals surface area (Å²) in [6.07, 6.45) is 7.17. The molecule has 84 valence electrons. The number of hydrogen-bond donors (Lipinski definition) is 0. The molecular weight excluding hydrogens is 256 g/mol. The van der Waals surface area contributed by atoms with Crippen LogP contribution in [0.5, 0.6) is 0 Å². The summed E-state index contributed by atoms with van der Waals surface area (Å²) >= 11 is 5.83. The van der Waals surface area contributed by atoms with E-state index in [1.54, 1.807) is 0 Å². The summed E-state index contributed by atoms with van der Waals surface area (Å²) in [7, 11) is 0. The van der Waals surface area contributed by atoms with Gasteiger partial charge in [0.15, 0.2) is 0 Å². The average molecular weight is 279 g/mol. The molecule has 0 nitrogen and oxygen atoms in total. The summed E-state index contributed by atoms with van der Waals surface area (Å²) in [6, 6.07) is 0. The molecule has 1 aliphatic carbocycles. The maximum Gasteiger partial charge on any atom is 0.00674 e. The van der Waals surface area contributed by atoms with Crippen molar-refractivity contribution in [1.29, 1.82) is 0 Å². The van der Waals surface area contributed by atoms with Crippen LogP contribution in [0.3, 0.4) is 0 Å². The van der Waals surface area contributed by atoms with Gasteiger partial charge < -0.3 is 0 Å². The average Bonchev–Trinajstić information content (AvgIpc) is 2.19. The molecule has 0 saturated heterocycles. The van der Waals surface area contributed by atoms with Crippen molar-refractivity contribution in [1.82, 2.24) is 0 Å². The number of halogens is 1. The van der Waals surface area contributed by atoms with E-state index in [0.29, 0.717) is 0 Å². The summed E-state index contributed by atoms with van der Waals surface area (Å²) in [6.45, 7) is 4.71. The third-order valence-electron chi connectivity index (χ3n) is 3.25. The normalized spacial score (nSPS) is 30.2. The van der Waals surface area contributed by atoms with Gasteiger partial charge in [0.1, 0.15) is 0 Å². The standard InChI is InChI=1S/C12H23BrS/c1-3-11(8-13)9-14-12-6-4-5-10(2)7-12/h10-12H,3-9H2,1-2H3. The zero-order valence-corrected chi connectivity index (χ0v) is 11.9. The lowest BCUT2D eigenvalue weighted by molar-refractivity contribution is 0.394. The van der Waals surface area contributed by atoms with E-state index < -0.39 is 0 Å². The molecule has 0 amide bonds. The largest absolute Gasteiger partial charge is 0.158 e. The van der Waals surface area contributed by atoms with Crippen molar-refractivity contribution in [2.75, 3.05) is 11.1 Å². The van der Waals surface area contributed by atoms with Crippen molar-refractivity contribution in [3.63, 3.8) is 0 Å². The van der Waals surface area contributed by atoms with Crippen LogP contribution in [0, 0.1) is 11.8 Å². The predicted molar refractivity (Wildman–Crippen MR) is 71.5 cm³/mol. The van der Waals surface area contributed by atoms with Crippen LogP contribution in [0.15, 0.2) is 0 Å². The van der Waals surface area contributed by atoms with Gasteiger partial charge in [-0.05, 0) is 30.4 Å². The van der Waals surface area contributed by atoms with Gasteiger partial charge in [-0.1, -0.05) is 49.0 Å². The second-order valence-corrected chi connectivity index (χ2v) is 6.64. The Kier molecular flexibility index (Phi) is 6.60. The molecule has 1 aliphatic rings. The molecule has 1 rings (SSSR count). The third kappa shape index (κ3) is 4.57. The van der Waals surface area contributed by atoms with Gasteiger partial charge in [0, 0.05) is 10.6 Å². The highest BCUT2D eigenvalue weighted by atomic mass is 79.9. The molecule has 0 heterocycles. The quantitative estimate of drug-likeness (QED) is 0.656. The first kappa shape index (κ1) is 12.9. The van der Waals surface area contributed by atoms with Gasteiger partial charge in [0.05, 0.1) is 0 Å². The van der Waals surface area contributed by atoms with E-state index in [1.807, 2.05) is 0 Å². The summed E-state index contributed by atoms with van der Waals surface area (Å²) < 4.78 is 0. The van der Waals surface area contributed by atoms with E-state index in [2.05, 4.69) is 41.5 Å². The minimum Gasteiger partial charge on any atom is -0.158 e. The minimum atomic E-state index is 0.886. The zero-order valence-electron chi connectivity index (χ0n) is 9.47. The van der Waals surface area contributed by atoms with Crippen LogP contribution < -0.4 is 0 Å². The maximum atomic E-state index is 3.60. The van der Waals surface area contributed by atoms with Crippen molar-refractivity contribution in [2.45, 2.75) is 51.2 Å². The van der Waals surface area contributed by atoms with Crippen LogP contribution in [0.25, 0.3) is 0 Å². The molecule has 1 saturated carbocycles. The zero-order chi connectivity index (χ0) is 10.4. The fraction of sp³-hybridized carbons (Fsp3) is 1.00. The molecule has 3 unspecified atom stereocenters. The topological polar surface area (TPSA) is 0 Å². The van der Waals surface area contributed by atoms with Crippen molar-refractivity contribution in [3.05, 3.63) is 0 Å². The van der Waals surface area contributed by atoms with Crippen molar-refractivity contribution in [2.24, 2.45) is 11.8 Å². The Balaban J connectivity index is 2.16. The molecule has 3 atom stereocenters. The van der Waals surface area contributed by atoms with E-state index in [9.17, 15) is 0 Å². The van der Waals surface area contributed by atoms with Crippen LogP contribution in [0.1, 0.15) is 46.0 Å². The van der Waals surface area contributed by atoms with E-state index in [4.69, 9.17) is 0 Å². The van der Waals surface area contributed by atoms with Gasteiger partial charge in [-0.15, -0.1) is 0 Å². The molecule has 0 N–H and O–H groups in total. The lowest BCUT2D eigenvalue weighted by atomic mass is 9.91. The van der Waals surface area contributed by atoms with E-state index in [0.717, 1.165) is 17.1 Å². The Morgan fingerprint density at radius 3 is 2.79 bits per heavy atom. The van der Waals surface area contributed by atoms with E-state index in [1.165, 1.54) is 43.2 Å². The van der Waals surface area contributed by atoms with Crippen LogP contribution in [0.4, 0.5) is 0 Å². The van der Waals surface area contributed by atoms with Crippen molar-refractivity contribution >= 4 is 27.7 Å². The molecule has 0 aromatic carbocycles. The summed E-state index contributed by atoms with van der Waals surface area (Å²) in [5.74, 6) is 3.22. The van der Waals surface area contributed by atoms with E-state index in [-0.39, 0.29) is 0 Å². The van der Waals surface area contributed by atoms with Crippen LogP contribution in [-0.4, -0.2) is 16.3 Å². The molecule has 0 bridgehead atoms. The first-order valence-electron chi connectivity index (χ1n) is 5.93. The molecule has 0 radical (unpaired) electrons. The maximum absolute atomic E-state index is 3.60. The highest BCUT2D eigenvalue weighted by molar-refractivity contribution is 9.09. The molecule has 0 spiro atoms. The SMILES string of the molecule is CCC(CBr)CSC1CCCC(C)C1. The molecule has 1 fully saturated rings. The van der Waals surface area contributed by atoms with Gasteiger partial charge in [0.2, 0.25) is 0 Å². The van der Waals surface area contributed by atoms with Gasteiger partial charge in [-0.3, -0.25) is 0 Å². The lowest BCUT2D eigenvalue weighted by Crippen LogP contribution is -2.17. The highest BCUT2D eigenvalue weighted by Gasteiger charge is 2.19. The Morgan fingerprint density at radius 2 is 2.21 bits per heavy atom. The van der Waals surface area contributed by atoms with Gasteiger partial charge in [-0.25, -0.2) is 0 Å². The molecular formula is C12H23BrS. The third-order valence-corrected chi connectivity index (χ3v) is 5.73. The van der Waals surface area contributed by atoms with E-state index >= 15 is 0 Å². The fourth-order valence-corrected chi connectivity index (χ4v) is 4.76. The number of thioether (sulfide) groups is 1. The smallest absolute Gasteiger partial charge is 0.00674 e. The van der Waals surface area contributed by atoms with Crippen LogP contribution >= 0.6 is 27.7 Å². The van der Waals surface area contributed by atoms with Gasteiger partial charge in [-0.2, -0.15) is 11.8 Å². The highest BCUT2D eigenvalue weighted by Crippen LogP contribution is 2.33. The lowest BCUT2D eigenvalue weighted by Gasteiger charge is -2.27. The molecule has 14 heavy (non-hydrogen) atoms. The summed E-state index contributed by atoms with van der Waals surface area (Å²) in [5.41, 5.74) is 0. The van der Waals surface area contributed by atoms with Gasteiger partial charge >= 0.3 is 0 Å². The second-order valence-electron chi connectivity index (χ2n) is 4.66. The predicted octanol–water partition coefficient (Wildman–Crippen LogP) is 4.72. The van der Waals surface area contributed by atoms with Crippen LogP contribution in [-0.2, 0) is 0 Å². The first-order chi connectivity index (χ1) is 6.76. The molecule has 0 aromatic heterocycles. The first-order valence-corrected chi connectivity index (χ1v) is 8.10. The minimum absolute atomic E-state index is 0.886. The van der Waals surface area contributed by atoms with Crippen molar-refractivity contribution in [3.8, 4) is 0 Å². The number of hydrogen-bond acceptors (Lipinski definition) is 1.